The molecule has 1 N–H and O–H groups in total. The van der Waals surface area contributed by atoms with Crippen molar-refractivity contribution in [2.75, 3.05) is 0 Å². The number of hydrogen-bond acceptors (Lipinski definition) is 2. The molecule has 0 saturated heterocycles. The van der Waals surface area contributed by atoms with Crippen molar-refractivity contribution < 1.29 is 9.90 Å². The quantitative estimate of drug-likeness (QED) is 0.921. The monoisotopic (exact) mass is 274 g/mol. The fourth-order valence-corrected chi connectivity index (χ4v) is 5.51. The highest BCUT2D eigenvalue weighted by molar-refractivity contribution is 5.70. The molecule has 1 heterocycles. The number of aromatic nitrogens is 2. The molecule has 20 heavy (non-hydrogen) atoms. The highest BCUT2D eigenvalue weighted by Gasteiger charge is 2.49. The van der Waals surface area contributed by atoms with E-state index in [0.29, 0.717) is 5.92 Å². The van der Waals surface area contributed by atoms with Crippen LogP contribution in [0.5, 0.6) is 0 Å². The number of rotatable bonds is 3. The molecule has 4 fully saturated rings. The number of carbonyl (C=O) groups is 1. The predicted molar refractivity (Wildman–Crippen MR) is 74.3 cm³/mol. The number of aliphatic carboxylic acids is 1. The van der Waals surface area contributed by atoms with Crippen molar-refractivity contribution in [1.29, 1.82) is 0 Å². The smallest absolute Gasteiger partial charge is 0.307 e. The van der Waals surface area contributed by atoms with E-state index in [-0.39, 0.29) is 6.42 Å². The van der Waals surface area contributed by atoms with Crippen LogP contribution in [-0.2, 0) is 18.3 Å². The molecule has 4 aliphatic rings. The van der Waals surface area contributed by atoms with Crippen LogP contribution in [0.1, 0.15) is 49.3 Å². The summed E-state index contributed by atoms with van der Waals surface area (Å²) in [6, 6.07) is 0. The second-order valence-electron chi connectivity index (χ2n) is 7.24. The lowest BCUT2D eigenvalue weighted by molar-refractivity contribution is -0.136. The molecule has 0 unspecified atom stereocenters. The zero-order valence-electron chi connectivity index (χ0n) is 12.0. The average molecular weight is 274 g/mol. The Morgan fingerprint density at radius 3 is 2.40 bits per heavy atom. The first-order valence-corrected chi connectivity index (χ1v) is 7.84. The maximum atomic E-state index is 11.1. The Bertz CT molecular complexity index is 521. The number of carboxylic acids is 1. The summed E-state index contributed by atoms with van der Waals surface area (Å²) < 4.78 is 1.80. The number of nitrogens with zero attached hydrogens (tertiary/aromatic N) is 2. The molecule has 4 aliphatic carbocycles. The van der Waals surface area contributed by atoms with Crippen LogP contribution in [0.2, 0.25) is 0 Å². The van der Waals surface area contributed by atoms with Crippen LogP contribution >= 0.6 is 0 Å². The minimum absolute atomic E-state index is 0.117. The number of carboxylic acid groups (broad SMARTS) is 1. The Labute approximate surface area is 119 Å². The molecule has 108 valence electrons. The second-order valence-corrected chi connectivity index (χ2v) is 7.24. The topological polar surface area (TPSA) is 55.1 Å². The van der Waals surface area contributed by atoms with Crippen molar-refractivity contribution in [3.8, 4) is 0 Å². The summed E-state index contributed by atoms with van der Waals surface area (Å²) in [7, 11) is 1.91. The van der Waals surface area contributed by atoms with Crippen LogP contribution in [0.3, 0.4) is 0 Å². The zero-order valence-corrected chi connectivity index (χ0v) is 12.0. The van der Waals surface area contributed by atoms with Gasteiger partial charge in [-0.25, -0.2) is 0 Å². The van der Waals surface area contributed by atoms with Crippen LogP contribution < -0.4 is 0 Å². The van der Waals surface area contributed by atoms with Gasteiger partial charge in [-0.1, -0.05) is 0 Å². The van der Waals surface area contributed by atoms with Crippen molar-refractivity contribution in [2.24, 2.45) is 30.7 Å². The normalized spacial score (nSPS) is 38.4. The fraction of sp³-hybridized carbons (Fsp3) is 0.750. The highest BCUT2D eigenvalue weighted by atomic mass is 16.4. The van der Waals surface area contributed by atoms with Crippen LogP contribution in [0.25, 0.3) is 0 Å². The summed E-state index contributed by atoms with van der Waals surface area (Å²) in [4.78, 5) is 11.1. The first-order valence-electron chi connectivity index (χ1n) is 7.84. The Balaban J connectivity index is 1.69. The second kappa shape index (κ2) is 4.34. The van der Waals surface area contributed by atoms with Gasteiger partial charge in [0, 0.05) is 24.7 Å². The first kappa shape index (κ1) is 12.4. The van der Waals surface area contributed by atoms with E-state index in [9.17, 15) is 4.79 Å². The standard InChI is InChI=1S/C16H22N2O2/c1-18-8-13(7-14(19)20)16(17-18)15-11-3-9-2-10(5-11)6-12(15)4-9/h8-12,15H,2-7H2,1H3,(H,19,20). The summed E-state index contributed by atoms with van der Waals surface area (Å²) in [5.74, 6) is 3.18. The van der Waals surface area contributed by atoms with Crippen molar-refractivity contribution in [3.63, 3.8) is 0 Å². The minimum Gasteiger partial charge on any atom is -0.481 e. The molecular weight excluding hydrogens is 252 g/mol. The lowest BCUT2D eigenvalue weighted by Crippen LogP contribution is -2.44. The van der Waals surface area contributed by atoms with E-state index in [2.05, 4.69) is 5.10 Å². The van der Waals surface area contributed by atoms with Gasteiger partial charge >= 0.3 is 5.97 Å². The summed E-state index contributed by atoms with van der Waals surface area (Å²) in [6.45, 7) is 0. The minimum atomic E-state index is -0.747. The van der Waals surface area contributed by atoms with Gasteiger partial charge in [-0.3, -0.25) is 9.48 Å². The summed E-state index contributed by atoms with van der Waals surface area (Å²) in [5, 5.41) is 13.8. The highest BCUT2D eigenvalue weighted by Crippen LogP contribution is 2.59. The Kier molecular flexibility index (Phi) is 2.69. The van der Waals surface area contributed by atoms with Gasteiger partial charge < -0.3 is 5.11 Å². The maximum Gasteiger partial charge on any atom is 0.307 e. The average Bonchev–Trinajstić information content (AvgIpc) is 2.67. The van der Waals surface area contributed by atoms with E-state index in [1.807, 2.05) is 13.2 Å². The largest absolute Gasteiger partial charge is 0.481 e. The zero-order chi connectivity index (χ0) is 13.9. The van der Waals surface area contributed by atoms with Gasteiger partial charge in [-0.15, -0.1) is 0 Å². The molecule has 4 saturated carbocycles. The third-order valence-electron chi connectivity index (χ3n) is 5.82. The fourth-order valence-electron chi connectivity index (χ4n) is 5.51. The molecule has 1 aromatic heterocycles. The molecule has 0 aliphatic heterocycles. The molecule has 0 spiro atoms. The van der Waals surface area contributed by atoms with E-state index in [1.54, 1.807) is 4.68 Å². The Morgan fingerprint density at radius 2 is 1.85 bits per heavy atom. The van der Waals surface area contributed by atoms with Gasteiger partial charge in [0.05, 0.1) is 12.1 Å². The van der Waals surface area contributed by atoms with Crippen LogP contribution in [0, 0.1) is 23.7 Å². The maximum absolute atomic E-state index is 11.1. The van der Waals surface area contributed by atoms with Crippen molar-refractivity contribution in [2.45, 2.75) is 44.4 Å². The van der Waals surface area contributed by atoms with Crippen molar-refractivity contribution in [3.05, 3.63) is 17.5 Å². The van der Waals surface area contributed by atoms with E-state index >= 15 is 0 Å². The third kappa shape index (κ3) is 1.88. The SMILES string of the molecule is Cn1cc(CC(=O)O)c(C2C3CC4CC(C3)CC2C4)n1. The molecule has 4 bridgehead atoms. The lowest BCUT2D eigenvalue weighted by atomic mass is 9.51. The first-order chi connectivity index (χ1) is 9.60. The van der Waals surface area contributed by atoms with E-state index < -0.39 is 5.97 Å². The molecule has 0 radical (unpaired) electrons. The molecule has 0 atom stereocenters. The van der Waals surface area contributed by atoms with Crippen LogP contribution in [0.15, 0.2) is 6.20 Å². The molecular formula is C16H22N2O2. The van der Waals surface area contributed by atoms with E-state index in [1.165, 1.54) is 32.1 Å². The van der Waals surface area contributed by atoms with Crippen molar-refractivity contribution >= 4 is 5.97 Å². The van der Waals surface area contributed by atoms with Crippen LogP contribution in [0.4, 0.5) is 0 Å². The summed E-state index contributed by atoms with van der Waals surface area (Å²) in [6.07, 6.45) is 8.87. The third-order valence-corrected chi connectivity index (χ3v) is 5.82. The Morgan fingerprint density at radius 1 is 1.25 bits per heavy atom. The van der Waals surface area contributed by atoms with Gasteiger partial charge in [-0.05, 0) is 55.8 Å². The van der Waals surface area contributed by atoms with Gasteiger partial charge in [0.1, 0.15) is 0 Å². The molecule has 4 heteroatoms. The van der Waals surface area contributed by atoms with Gasteiger partial charge in [0.25, 0.3) is 0 Å². The van der Waals surface area contributed by atoms with Gasteiger partial charge in [-0.2, -0.15) is 5.10 Å². The Hall–Kier alpha value is -1.32. The molecule has 0 amide bonds. The molecule has 0 aromatic carbocycles. The number of aryl methyl sites for hydroxylation is 1. The van der Waals surface area contributed by atoms with E-state index in [4.69, 9.17) is 5.11 Å². The molecule has 4 nitrogen and oxygen atoms in total. The number of hydrogen-bond donors (Lipinski definition) is 1. The molecule has 1 aromatic rings. The predicted octanol–water partition coefficient (Wildman–Crippen LogP) is 2.59. The summed E-state index contributed by atoms with van der Waals surface area (Å²) in [5.41, 5.74) is 2.04. The summed E-state index contributed by atoms with van der Waals surface area (Å²) >= 11 is 0. The van der Waals surface area contributed by atoms with E-state index in [0.717, 1.165) is 34.9 Å². The van der Waals surface area contributed by atoms with Gasteiger partial charge in [0.2, 0.25) is 0 Å². The lowest BCUT2D eigenvalue weighted by Gasteiger charge is -2.54. The van der Waals surface area contributed by atoms with Crippen molar-refractivity contribution in [1.82, 2.24) is 9.78 Å². The molecule has 5 rings (SSSR count). The van der Waals surface area contributed by atoms with Crippen LogP contribution in [-0.4, -0.2) is 20.9 Å². The van der Waals surface area contributed by atoms with Gasteiger partial charge in [0.15, 0.2) is 0 Å².